The summed E-state index contributed by atoms with van der Waals surface area (Å²) in [5.41, 5.74) is 9.43. The number of hydrogen-bond acceptors (Lipinski definition) is 4. The number of carbonyl (C=O) groups is 1. The maximum Gasteiger partial charge on any atom is 0.245 e. The molecule has 0 aliphatic carbocycles. The second-order valence-electron chi connectivity index (χ2n) is 2.98. The molecule has 0 bridgehead atoms. The average molecular weight is 198 g/mol. The van der Waals surface area contributed by atoms with Crippen LogP contribution >= 0.6 is 0 Å². The van der Waals surface area contributed by atoms with E-state index in [1.54, 1.807) is 4.68 Å². The van der Waals surface area contributed by atoms with Gasteiger partial charge in [-0.1, -0.05) is 0 Å². The Morgan fingerprint density at radius 1 is 1.79 bits per heavy atom. The van der Waals surface area contributed by atoms with E-state index in [9.17, 15) is 4.79 Å². The molecule has 0 fully saturated rings. The Bertz CT molecular complexity index is 321. The maximum absolute atomic E-state index is 10.3. The number of hydroxylamine groups is 1. The summed E-state index contributed by atoms with van der Waals surface area (Å²) in [4.78, 5) is 15.1. The number of amides is 1. The Balaban J connectivity index is 2.31. The summed E-state index contributed by atoms with van der Waals surface area (Å²) in [5.74, 6) is -0.501. The number of hydrogen-bond donors (Lipinski definition) is 2. The van der Waals surface area contributed by atoms with Gasteiger partial charge in [0.1, 0.15) is 6.61 Å². The first-order valence-corrected chi connectivity index (χ1v) is 4.22. The van der Waals surface area contributed by atoms with E-state index in [1.165, 1.54) is 0 Å². The van der Waals surface area contributed by atoms with Crippen LogP contribution in [0.1, 0.15) is 11.4 Å². The first kappa shape index (κ1) is 10.7. The summed E-state index contributed by atoms with van der Waals surface area (Å²) >= 11 is 0. The predicted molar refractivity (Wildman–Crippen MR) is 49.9 cm³/mol. The third-order valence-electron chi connectivity index (χ3n) is 1.67. The third-order valence-corrected chi connectivity index (χ3v) is 1.67. The van der Waals surface area contributed by atoms with E-state index >= 15 is 0 Å². The molecular formula is C8H14N4O2. The fourth-order valence-corrected chi connectivity index (χ4v) is 1.08. The monoisotopic (exact) mass is 198 g/mol. The highest BCUT2D eigenvalue weighted by Crippen LogP contribution is 2.00. The van der Waals surface area contributed by atoms with E-state index < -0.39 is 5.91 Å². The Morgan fingerprint density at radius 2 is 2.50 bits per heavy atom. The highest BCUT2D eigenvalue weighted by molar-refractivity contribution is 5.74. The molecule has 1 rings (SSSR count). The molecule has 0 aliphatic heterocycles. The summed E-state index contributed by atoms with van der Waals surface area (Å²) in [6.45, 7) is 2.27. The quantitative estimate of drug-likeness (QED) is 0.481. The molecule has 0 atom stereocenters. The van der Waals surface area contributed by atoms with Crippen LogP contribution in [0.25, 0.3) is 0 Å². The highest BCUT2D eigenvalue weighted by Gasteiger charge is 2.01. The molecule has 78 valence electrons. The number of nitrogens with one attached hydrogen (secondary N) is 1. The predicted octanol–water partition coefficient (Wildman–Crippen LogP) is -0.765. The summed E-state index contributed by atoms with van der Waals surface area (Å²) in [5, 5.41) is 4.15. The second kappa shape index (κ2) is 4.73. The molecule has 0 unspecified atom stereocenters. The number of nitrogens with zero attached hydrogens (tertiary/aromatic N) is 2. The highest BCUT2D eigenvalue weighted by atomic mass is 16.6. The minimum atomic E-state index is -0.501. The van der Waals surface area contributed by atoms with Gasteiger partial charge in [-0.25, -0.2) is 0 Å². The number of aromatic nitrogens is 2. The molecule has 1 heterocycles. The van der Waals surface area contributed by atoms with Crippen molar-refractivity contribution >= 4 is 5.91 Å². The molecule has 1 aromatic rings. The smallest absolute Gasteiger partial charge is 0.245 e. The Hall–Kier alpha value is -1.40. The van der Waals surface area contributed by atoms with Gasteiger partial charge in [-0.2, -0.15) is 10.6 Å². The van der Waals surface area contributed by atoms with Crippen molar-refractivity contribution in [1.29, 1.82) is 0 Å². The van der Waals surface area contributed by atoms with Gasteiger partial charge < -0.3 is 5.73 Å². The lowest BCUT2D eigenvalue weighted by atomic mass is 10.4. The minimum absolute atomic E-state index is 0.128. The van der Waals surface area contributed by atoms with Crippen molar-refractivity contribution in [2.24, 2.45) is 12.8 Å². The first-order valence-electron chi connectivity index (χ1n) is 4.22. The zero-order chi connectivity index (χ0) is 10.6. The molecule has 0 spiro atoms. The number of aryl methyl sites for hydroxylation is 2. The van der Waals surface area contributed by atoms with E-state index in [2.05, 4.69) is 10.6 Å². The Morgan fingerprint density at radius 3 is 3.00 bits per heavy atom. The first-order chi connectivity index (χ1) is 6.59. The van der Waals surface area contributed by atoms with Crippen LogP contribution in [0.5, 0.6) is 0 Å². The van der Waals surface area contributed by atoms with Crippen LogP contribution in [0, 0.1) is 6.92 Å². The molecule has 1 aromatic heterocycles. The standard InChI is InChI=1S/C8H14N4O2/c1-6-3-7(12(2)11-6)4-10-14-5-8(9)13/h3,10H,4-5H2,1-2H3,(H2,9,13). The van der Waals surface area contributed by atoms with Crippen LogP contribution in [0.2, 0.25) is 0 Å². The van der Waals surface area contributed by atoms with Crippen LogP contribution < -0.4 is 11.2 Å². The molecule has 6 heteroatoms. The van der Waals surface area contributed by atoms with Crippen LogP contribution in [-0.4, -0.2) is 22.3 Å². The number of carbonyl (C=O) groups excluding carboxylic acids is 1. The van der Waals surface area contributed by atoms with E-state index in [4.69, 9.17) is 10.6 Å². The lowest BCUT2D eigenvalue weighted by Gasteiger charge is -2.03. The van der Waals surface area contributed by atoms with E-state index in [0.717, 1.165) is 11.4 Å². The molecule has 0 radical (unpaired) electrons. The van der Waals surface area contributed by atoms with E-state index in [1.807, 2.05) is 20.0 Å². The van der Waals surface area contributed by atoms with Crippen LogP contribution in [-0.2, 0) is 23.2 Å². The number of nitrogens with two attached hydrogens (primary N) is 1. The summed E-state index contributed by atoms with van der Waals surface area (Å²) < 4.78 is 1.75. The molecule has 1 amide bonds. The molecule has 0 saturated carbocycles. The third kappa shape index (κ3) is 3.15. The van der Waals surface area contributed by atoms with Crippen LogP contribution in [0.4, 0.5) is 0 Å². The maximum atomic E-state index is 10.3. The van der Waals surface area contributed by atoms with Crippen LogP contribution in [0.3, 0.4) is 0 Å². The zero-order valence-electron chi connectivity index (χ0n) is 8.28. The number of rotatable bonds is 5. The zero-order valence-corrected chi connectivity index (χ0v) is 8.28. The van der Waals surface area contributed by atoms with Crippen molar-refractivity contribution in [2.45, 2.75) is 13.5 Å². The van der Waals surface area contributed by atoms with Gasteiger partial charge in [0.2, 0.25) is 5.91 Å². The number of primary amides is 1. The SMILES string of the molecule is Cc1cc(CNOCC(N)=O)n(C)n1. The lowest BCUT2D eigenvalue weighted by molar-refractivity contribution is -0.125. The molecular weight excluding hydrogens is 184 g/mol. The summed E-state index contributed by atoms with van der Waals surface area (Å²) in [7, 11) is 1.85. The van der Waals surface area contributed by atoms with Gasteiger partial charge in [-0.3, -0.25) is 14.3 Å². The Labute approximate surface area is 82.0 Å². The fraction of sp³-hybridized carbons (Fsp3) is 0.500. The molecule has 0 saturated heterocycles. The van der Waals surface area contributed by atoms with Crippen molar-refractivity contribution in [3.05, 3.63) is 17.5 Å². The molecule has 14 heavy (non-hydrogen) atoms. The van der Waals surface area contributed by atoms with Gasteiger partial charge in [-0.15, -0.1) is 0 Å². The lowest BCUT2D eigenvalue weighted by Crippen LogP contribution is -2.25. The van der Waals surface area contributed by atoms with Gasteiger partial charge in [-0.05, 0) is 13.0 Å². The molecule has 6 nitrogen and oxygen atoms in total. The van der Waals surface area contributed by atoms with Gasteiger partial charge in [0.05, 0.1) is 17.9 Å². The van der Waals surface area contributed by atoms with Crippen LogP contribution in [0.15, 0.2) is 6.07 Å². The summed E-state index contributed by atoms with van der Waals surface area (Å²) in [6.07, 6.45) is 0. The normalized spacial score (nSPS) is 10.4. The molecule has 3 N–H and O–H groups in total. The summed E-state index contributed by atoms with van der Waals surface area (Å²) in [6, 6.07) is 1.93. The molecule has 0 aromatic carbocycles. The van der Waals surface area contributed by atoms with Crippen molar-refractivity contribution in [2.75, 3.05) is 6.61 Å². The Kier molecular flexibility index (Phi) is 3.61. The van der Waals surface area contributed by atoms with Gasteiger partial charge in [0.15, 0.2) is 0 Å². The average Bonchev–Trinajstić information content (AvgIpc) is 2.39. The minimum Gasteiger partial charge on any atom is -0.368 e. The fourth-order valence-electron chi connectivity index (χ4n) is 1.08. The van der Waals surface area contributed by atoms with E-state index in [0.29, 0.717) is 6.54 Å². The van der Waals surface area contributed by atoms with E-state index in [-0.39, 0.29) is 6.61 Å². The van der Waals surface area contributed by atoms with Crippen molar-refractivity contribution in [3.8, 4) is 0 Å². The topological polar surface area (TPSA) is 82.2 Å². The molecule has 0 aliphatic rings. The van der Waals surface area contributed by atoms with Gasteiger partial charge in [0.25, 0.3) is 0 Å². The van der Waals surface area contributed by atoms with Crippen molar-refractivity contribution in [1.82, 2.24) is 15.3 Å². The second-order valence-corrected chi connectivity index (χ2v) is 2.98. The van der Waals surface area contributed by atoms with Crippen molar-refractivity contribution in [3.63, 3.8) is 0 Å². The van der Waals surface area contributed by atoms with Gasteiger partial charge >= 0.3 is 0 Å². The largest absolute Gasteiger partial charge is 0.368 e. The van der Waals surface area contributed by atoms with Gasteiger partial charge in [0, 0.05) is 7.05 Å². The van der Waals surface area contributed by atoms with Crippen molar-refractivity contribution < 1.29 is 9.63 Å².